The molecule has 0 amide bonds. The second kappa shape index (κ2) is 5.61. The number of para-hydroxylation sites is 1. The molecule has 0 aliphatic carbocycles. The molecule has 0 radical (unpaired) electrons. The summed E-state index contributed by atoms with van der Waals surface area (Å²) in [7, 11) is 1.61. The van der Waals surface area contributed by atoms with Gasteiger partial charge < -0.3 is 20.1 Å². The van der Waals surface area contributed by atoms with E-state index in [1.165, 1.54) is 0 Å². The number of aliphatic hydroxyl groups excluding tert-OH is 1. The molecule has 0 bridgehead atoms. The van der Waals surface area contributed by atoms with Crippen LogP contribution in [0.4, 0.5) is 0 Å². The SMILES string of the molecule is COc1ccccc1Cc1nc(C(N)CO)no1. The van der Waals surface area contributed by atoms with Crippen LogP contribution in [-0.4, -0.2) is 29.0 Å². The highest BCUT2D eigenvalue weighted by Gasteiger charge is 2.14. The first kappa shape index (κ1) is 12.5. The molecular formula is C12H15N3O3. The summed E-state index contributed by atoms with van der Waals surface area (Å²) in [5, 5.41) is 12.6. The van der Waals surface area contributed by atoms with E-state index >= 15 is 0 Å². The molecule has 6 nitrogen and oxygen atoms in total. The van der Waals surface area contributed by atoms with E-state index in [-0.39, 0.29) is 6.61 Å². The fourth-order valence-electron chi connectivity index (χ4n) is 1.58. The van der Waals surface area contributed by atoms with Gasteiger partial charge in [-0.05, 0) is 6.07 Å². The van der Waals surface area contributed by atoms with Crippen LogP contribution in [0.25, 0.3) is 0 Å². The number of benzene rings is 1. The number of aliphatic hydroxyl groups is 1. The predicted molar refractivity (Wildman–Crippen MR) is 64.1 cm³/mol. The van der Waals surface area contributed by atoms with Gasteiger partial charge in [0.15, 0.2) is 5.82 Å². The second-order valence-corrected chi connectivity index (χ2v) is 3.82. The highest BCUT2D eigenvalue weighted by molar-refractivity contribution is 5.34. The summed E-state index contributed by atoms with van der Waals surface area (Å²) in [6.45, 7) is -0.215. The molecule has 0 aliphatic heterocycles. The zero-order chi connectivity index (χ0) is 13.0. The van der Waals surface area contributed by atoms with E-state index in [0.29, 0.717) is 18.1 Å². The lowest BCUT2D eigenvalue weighted by Crippen LogP contribution is -2.16. The predicted octanol–water partition coefficient (Wildman–Crippen LogP) is 0.661. The molecule has 0 spiro atoms. The van der Waals surface area contributed by atoms with E-state index in [0.717, 1.165) is 11.3 Å². The maximum atomic E-state index is 8.90. The lowest BCUT2D eigenvalue weighted by Gasteiger charge is -2.05. The first-order valence-corrected chi connectivity index (χ1v) is 5.55. The van der Waals surface area contributed by atoms with Crippen LogP contribution in [0, 0.1) is 0 Å². The zero-order valence-electron chi connectivity index (χ0n) is 10.0. The van der Waals surface area contributed by atoms with Gasteiger partial charge in [-0.25, -0.2) is 0 Å². The molecule has 0 saturated heterocycles. The van der Waals surface area contributed by atoms with Gasteiger partial charge in [-0.3, -0.25) is 0 Å². The molecule has 18 heavy (non-hydrogen) atoms. The van der Waals surface area contributed by atoms with E-state index in [9.17, 15) is 0 Å². The molecule has 3 N–H and O–H groups in total. The molecule has 0 aliphatic rings. The van der Waals surface area contributed by atoms with E-state index < -0.39 is 6.04 Å². The molecule has 1 heterocycles. The van der Waals surface area contributed by atoms with Gasteiger partial charge in [0.25, 0.3) is 0 Å². The fourth-order valence-corrected chi connectivity index (χ4v) is 1.58. The zero-order valence-corrected chi connectivity index (χ0v) is 10.0. The molecule has 0 saturated carbocycles. The van der Waals surface area contributed by atoms with Gasteiger partial charge in [0.1, 0.15) is 5.75 Å². The quantitative estimate of drug-likeness (QED) is 0.808. The Bertz CT molecular complexity index is 513. The summed E-state index contributed by atoms with van der Waals surface area (Å²) in [4.78, 5) is 4.13. The van der Waals surface area contributed by atoms with Gasteiger partial charge in [0.05, 0.1) is 26.2 Å². The Labute approximate surface area is 104 Å². The number of methoxy groups -OCH3 is 1. The Morgan fingerprint density at radius 3 is 2.94 bits per heavy atom. The van der Waals surface area contributed by atoms with Crippen LogP contribution in [0.2, 0.25) is 0 Å². The van der Waals surface area contributed by atoms with Crippen molar-refractivity contribution in [1.29, 1.82) is 0 Å². The van der Waals surface area contributed by atoms with Gasteiger partial charge in [-0.1, -0.05) is 23.4 Å². The van der Waals surface area contributed by atoms with Crippen LogP contribution in [0.15, 0.2) is 28.8 Å². The Hall–Kier alpha value is -1.92. The monoisotopic (exact) mass is 249 g/mol. The van der Waals surface area contributed by atoms with Gasteiger partial charge in [0.2, 0.25) is 5.89 Å². The van der Waals surface area contributed by atoms with Gasteiger partial charge in [-0.15, -0.1) is 0 Å². The van der Waals surface area contributed by atoms with E-state index in [2.05, 4.69) is 10.1 Å². The summed E-state index contributed by atoms with van der Waals surface area (Å²) >= 11 is 0. The van der Waals surface area contributed by atoms with Crippen LogP contribution >= 0.6 is 0 Å². The Morgan fingerprint density at radius 2 is 2.22 bits per heavy atom. The van der Waals surface area contributed by atoms with Crippen LogP contribution in [0.3, 0.4) is 0 Å². The highest BCUT2D eigenvalue weighted by Crippen LogP contribution is 2.20. The Morgan fingerprint density at radius 1 is 1.44 bits per heavy atom. The van der Waals surface area contributed by atoms with Crippen molar-refractivity contribution in [3.05, 3.63) is 41.5 Å². The molecular weight excluding hydrogens is 234 g/mol. The minimum Gasteiger partial charge on any atom is -0.496 e. The lowest BCUT2D eigenvalue weighted by atomic mass is 10.1. The van der Waals surface area contributed by atoms with Crippen molar-refractivity contribution in [2.75, 3.05) is 13.7 Å². The molecule has 1 atom stereocenters. The first-order valence-electron chi connectivity index (χ1n) is 5.55. The second-order valence-electron chi connectivity index (χ2n) is 3.82. The fraction of sp³-hybridized carbons (Fsp3) is 0.333. The minimum absolute atomic E-state index is 0.215. The molecule has 1 unspecified atom stereocenters. The number of ether oxygens (including phenoxy) is 1. The maximum absolute atomic E-state index is 8.90. The molecule has 2 aromatic rings. The van der Waals surface area contributed by atoms with Gasteiger partial charge in [-0.2, -0.15) is 4.98 Å². The van der Waals surface area contributed by atoms with Crippen LogP contribution in [0.1, 0.15) is 23.3 Å². The van der Waals surface area contributed by atoms with Gasteiger partial charge in [0, 0.05) is 5.56 Å². The van der Waals surface area contributed by atoms with Crippen molar-refractivity contribution in [3.8, 4) is 5.75 Å². The molecule has 2 rings (SSSR count). The smallest absolute Gasteiger partial charge is 0.231 e. The molecule has 96 valence electrons. The van der Waals surface area contributed by atoms with E-state index in [1.54, 1.807) is 7.11 Å². The maximum Gasteiger partial charge on any atom is 0.231 e. The van der Waals surface area contributed by atoms with Crippen molar-refractivity contribution >= 4 is 0 Å². The van der Waals surface area contributed by atoms with Crippen molar-refractivity contribution < 1.29 is 14.4 Å². The topological polar surface area (TPSA) is 94.4 Å². The summed E-state index contributed by atoms with van der Waals surface area (Å²) in [6.07, 6.45) is 0.467. The number of hydrogen-bond donors (Lipinski definition) is 2. The number of aromatic nitrogens is 2. The normalized spacial score (nSPS) is 12.4. The summed E-state index contributed by atoms with van der Waals surface area (Å²) in [5.41, 5.74) is 6.55. The van der Waals surface area contributed by atoms with Crippen molar-refractivity contribution in [2.24, 2.45) is 5.73 Å². The number of nitrogens with two attached hydrogens (primary N) is 1. The standard InChI is InChI=1S/C12H15N3O3/c1-17-10-5-3-2-4-8(10)6-11-14-12(15-18-11)9(13)7-16/h2-5,9,16H,6-7,13H2,1H3. The number of rotatable bonds is 5. The number of nitrogens with zero attached hydrogens (tertiary/aromatic N) is 2. The van der Waals surface area contributed by atoms with Crippen molar-refractivity contribution in [3.63, 3.8) is 0 Å². The van der Waals surface area contributed by atoms with Gasteiger partial charge >= 0.3 is 0 Å². The summed E-state index contributed by atoms with van der Waals surface area (Å²) in [6, 6.07) is 6.98. The van der Waals surface area contributed by atoms with E-state index in [4.69, 9.17) is 20.1 Å². The van der Waals surface area contributed by atoms with Crippen molar-refractivity contribution in [1.82, 2.24) is 10.1 Å². The lowest BCUT2D eigenvalue weighted by molar-refractivity contribution is 0.259. The highest BCUT2D eigenvalue weighted by atomic mass is 16.5. The molecule has 1 aromatic heterocycles. The van der Waals surface area contributed by atoms with Crippen molar-refractivity contribution in [2.45, 2.75) is 12.5 Å². The number of hydrogen-bond acceptors (Lipinski definition) is 6. The van der Waals surface area contributed by atoms with Crippen LogP contribution in [0.5, 0.6) is 5.75 Å². The van der Waals surface area contributed by atoms with Crippen LogP contribution < -0.4 is 10.5 Å². The average molecular weight is 249 g/mol. The third kappa shape index (κ3) is 2.66. The Kier molecular flexibility index (Phi) is 3.91. The molecule has 1 aromatic carbocycles. The third-order valence-corrected chi connectivity index (χ3v) is 2.55. The van der Waals surface area contributed by atoms with E-state index in [1.807, 2.05) is 24.3 Å². The average Bonchev–Trinajstić information content (AvgIpc) is 2.87. The molecule has 0 fully saturated rings. The Balaban J connectivity index is 2.16. The summed E-state index contributed by atoms with van der Waals surface area (Å²) < 4.78 is 10.3. The summed E-state index contributed by atoms with van der Waals surface area (Å²) in [5.74, 6) is 1.52. The third-order valence-electron chi connectivity index (χ3n) is 2.55. The minimum atomic E-state index is -0.611. The first-order chi connectivity index (χ1) is 8.74. The largest absolute Gasteiger partial charge is 0.496 e. The van der Waals surface area contributed by atoms with Crippen LogP contribution in [-0.2, 0) is 6.42 Å². The molecule has 6 heteroatoms.